The zero-order valence-corrected chi connectivity index (χ0v) is 15.4. The summed E-state index contributed by atoms with van der Waals surface area (Å²) in [5.41, 5.74) is 0.0320. The van der Waals surface area contributed by atoms with Crippen molar-refractivity contribution < 1.29 is 14.0 Å². The number of furan rings is 1. The summed E-state index contributed by atoms with van der Waals surface area (Å²) < 4.78 is 6.49. The van der Waals surface area contributed by atoms with Gasteiger partial charge in [0.05, 0.1) is 6.26 Å². The third kappa shape index (κ3) is 4.64. The summed E-state index contributed by atoms with van der Waals surface area (Å²) >= 11 is 0. The van der Waals surface area contributed by atoms with Gasteiger partial charge in [-0.25, -0.2) is 4.68 Å². The van der Waals surface area contributed by atoms with E-state index in [1.807, 2.05) is 6.92 Å². The molecule has 0 bridgehead atoms. The number of aromatic nitrogens is 2. The Bertz CT molecular complexity index is 836. The van der Waals surface area contributed by atoms with E-state index in [1.165, 1.54) is 23.1 Å². The summed E-state index contributed by atoms with van der Waals surface area (Å²) in [5, 5.41) is 7.12. The minimum Gasteiger partial charge on any atom is -0.459 e. The van der Waals surface area contributed by atoms with Gasteiger partial charge in [0, 0.05) is 31.7 Å². The lowest BCUT2D eigenvalue weighted by Crippen LogP contribution is -2.46. The lowest BCUT2D eigenvalue weighted by molar-refractivity contribution is 0.0667. The van der Waals surface area contributed by atoms with Crippen molar-refractivity contribution in [3.63, 3.8) is 0 Å². The number of likely N-dealkylation sites (tertiary alicyclic amines) is 1. The van der Waals surface area contributed by atoms with Crippen LogP contribution in [0.5, 0.6) is 0 Å². The molecular formula is C19H24N4O4. The number of carbonyl (C=O) groups excluding carboxylic acids is 2. The van der Waals surface area contributed by atoms with Gasteiger partial charge in [0.2, 0.25) is 0 Å². The third-order valence-electron chi connectivity index (χ3n) is 4.67. The van der Waals surface area contributed by atoms with Gasteiger partial charge < -0.3 is 14.6 Å². The van der Waals surface area contributed by atoms with E-state index < -0.39 is 0 Å². The molecule has 1 N–H and O–H groups in total. The molecule has 0 atom stereocenters. The van der Waals surface area contributed by atoms with E-state index >= 15 is 0 Å². The van der Waals surface area contributed by atoms with Crippen LogP contribution >= 0.6 is 0 Å². The first-order valence-electron chi connectivity index (χ1n) is 9.30. The molecule has 0 saturated carbocycles. The minimum absolute atomic E-state index is 0.0315. The molecule has 0 radical (unpaired) electrons. The SMILES string of the molecule is CCCCn1nc(C(=O)NC2CCN(C(=O)c3ccco3)CC2)ccc1=O. The van der Waals surface area contributed by atoms with Gasteiger partial charge >= 0.3 is 0 Å². The first-order valence-corrected chi connectivity index (χ1v) is 9.30. The summed E-state index contributed by atoms with van der Waals surface area (Å²) in [5.74, 6) is -0.0958. The maximum Gasteiger partial charge on any atom is 0.289 e. The number of amides is 2. The number of hydrogen-bond donors (Lipinski definition) is 1. The van der Waals surface area contributed by atoms with Crippen LogP contribution in [0, 0.1) is 0 Å². The molecule has 1 aliphatic heterocycles. The Morgan fingerprint density at radius 1 is 1.26 bits per heavy atom. The van der Waals surface area contributed by atoms with Crippen LogP contribution in [0.4, 0.5) is 0 Å². The maximum absolute atomic E-state index is 12.5. The van der Waals surface area contributed by atoms with Gasteiger partial charge in [-0.15, -0.1) is 0 Å². The van der Waals surface area contributed by atoms with Crippen molar-refractivity contribution in [2.45, 2.75) is 45.2 Å². The van der Waals surface area contributed by atoms with Crippen molar-refractivity contribution in [2.24, 2.45) is 0 Å². The van der Waals surface area contributed by atoms with Crippen LogP contribution in [0.25, 0.3) is 0 Å². The Labute approximate surface area is 157 Å². The van der Waals surface area contributed by atoms with Gasteiger partial charge in [0.15, 0.2) is 5.76 Å². The van der Waals surface area contributed by atoms with E-state index in [9.17, 15) is 14.4 Å². The highest BCUT2D eigenvalue weighted by Crippen LogP contribution is 2.14. The maximum atomic E-state index is 12.5. The molecule has 1 aliphatic rings. The fourth-order valence-electron chi connectivity index (χ4n) is 3.08. The van der Waals surface area contributed by atoms with Crippen molar-refractivity contribution in [2.75, 3.05) is 13.1 Å². The molecule has 2 amide bonds. The monoisotopic (exact) mass is 372 g/mol. The average Bonchev–Trinajstić information content (AvgIpc) is 3.22. The Morgan fingerprint density at radius 2 is 2.04 bits per heavy atom. The van der Waals surface area contributed by atoms with Gasteiger partial charge in [0.1, 0.15) is 5.69 Å². The van der Waals surface area contributed by atoms with E-state index in [4.69, 9.17) is 4.42 Å². The molecule has 0 aromatic carbocycles. The number of carbonyl (C=O) groups is 2. The lowest BCUT2D eigenvalue weighted by atomic mass is 10.0. The lowest BCUT2D eigenvalue weighted by Gasteiger charge is -2.31. The van der Waals surface area contributed by atoms with Gasteiger partial charge in [-0.3, -0.25) is 14.4 Å². The predicted octanol–water partition coefficient (Wildman–Crippen LogP) is 1.67. The first-order chi connectivity index (χ1) is 13.1. The number of unbranched alkanes of at least 4 members (excludes halogenated alkanes) is 1. The molecule has 1 fully saturated rings. The van der Waals surface area contributed by atoms with Crippen molar-refractivity contribution in [3.8, 4) is 0 Å². The molecule has 3 rings (SSSR count). The summed E-state index contributed by atoms with van der Waals surface area (Å²) in [7, 11) is 0. The fraction of sp³-hybridized carbons (Fsp3) is 0.474. The first kappa shape index (κ1) is 18.9. The van der Waals surface area contributed by atoms with Crippen LogP contribution in [0.3, 0.4) is 0 Å². The number of rotatable bonds is 6. The van der Waals surface area contributed by atoms with Crippen LogP contribution in [-0.2, 0) is 6.54 Å². The summed E-state index contributed by atoms with van der Waals surface area (Å²) in [6, 6.07) is 6.14. The Balaban J connectivity index is 1.55. The fourth-order valence-corrected chi connectivity index (χ4v) is 3.08. The van der Waals surface area contributed by atoms with Crippen LogP contribution < -0.4 is 10.9 Å². The van der Waals surface area contributed by atoms with E-state index in [2.05, 4.69) is 10.4 Å². The minimum atomic E-state index is -0.295. The van der Waals surface area contributed by atoms with Crippen molar-refractivity contribution in [1.82, 2.24) is 20.0 Å². The van der Waals surface area contributed by atoms with Crippen molar-refractivity contribution >= 4 is 11.8 Å². The molecule has 2 aromatic heterocycles. The zero-order chi connectivity index (χ0) is 19.2. The molecule has 8 nitrogen and oxygen atoms in total. The smallest absolute Gasteiger partial charge is 0.289 e. The molecule has 2 aromatic rings. The predicted molar refractivity (Wildman–Crippen MR) is 98.5 cm³/mol. The Hall–Kier alpha value is -2.90. The molecule has 0 spiro atoms. The number of aryl methyl sites for hydroxylation is 1. The second-order valence-electron chi connectivity index (χ2n) is 6.65. The Kier molecular flexibility index (Phi) is 6.05. The second kappa shape index (κ2) is 8.66. The molecule has 27 heavy (non-hydrogen) atoms. The van der Waals surface area contributed by atoms with Gasteiger partial charge in [-0.05, 0) is 37.5 Å². The average molecular weight is 372 g/mol. The molecule has 8 heteroatoms. The molecule has 3 heterocycles. The van der Waals surface area contributed by atoms with E-state index in [0.717, 1.165) is 12.8 Å². The number of nitrogens with zero attached hydrogens (tertiary/aromatic N) is 3. The zero-order valence-electron chi connectivity index (χ0n) is 15.4. The van der Waals surface area contributed by atoms with Crippen LogP contribution in [-0.4, -0.2) is 45.6 Å². The topological polar surface area (TPSA) is 97.4 Å². The van der Waals surface area contributed by atoms with Gasteiger partial charge in [-0.2, -0.15) is 5.10 Å². The standard InChI is InChI=1S/C19H24N4O4/c1-2-3-10-23-17(24)7-6-15(21-23)18(25)20-14-8-11-22(12-9-14)19(26)16-5-4-13-27-16/h4-7,13-14H,2-3,8-12H2,1H3,(H,20,25). The van der Waals surface area contributed by atoms with Crippen LogP contribution in [0.15, 0.2) is 39.7 Å². The number of hydrogen-bond acceptors (Lipinski definition) is 5. The van der Waals surface area contributed by atoms with Crippen molar-refractivity contribution in [3.05, 3.63) is 52.3 Å². The molecule has 0 aliphatic carbocycles. The van der Waals surface area contributed by atoms with Gasteiger partial charge in [-0.1, -0.05) is 13.3 Å². The van der Waals surface area contributed by atoms with E-state index in [0.29, 0.717) is 38.2 Å². The van der Waals surface area contributed by atoms with E-state index in [-0.39, 0.29) is 29.1 Å². The number of piperidine rings is 1. The molecular weight excluding hydrogens is 348 g/mol. The summed E-state index contributed by atoms with van der Waals surface area (Å²) in [4.78, 5) is 38.3. The number of nitrogens with one attached hydrogen (secondary N) is 1. The van der Waals surface area contributed by atoms with E-state index in [1.54, 1.807) is 17.0 Å². The van der Waals surface area contributed by atoms with Gasteiger partial charge in [0.25, 0.3) is 17.4 Å². The largest absolute Gasteiger partial charge is 0.459 e. The third-order valence-corrected chi connectivity index (χ3v) is 4.67. The highest BCUT2D eigenvalue weighted by Gasteiger charge is 2.26. The summed E-state index contributed by atoms with van der Waals surface area (Å²) in [6.07, 6.45) is 4.58. The normalized spacial score (nSPS) is 14.9. The van der Waals surface area contributed by atoms with Crippen LogP contribution in [0.2, 0.25) is 0 Å². The molecule has 0 unspecified atom stereocenters. The highest BCUT2D eigenvalue weighted by atomic mass is 16.3. The van der Waals surface area contributed by atoms with Crippen LogP contribution in [0.1, 0.15) is 53.7 Å². The molecule has 144 valence electrons. The Morgan fingerprint density at radius 3 is 2.70 bits per heavy atom. The van der Waals surface area contributed by atoms with Crippen molar-refractivity contribution in [1.29, 1.82) is 0 Å². The quantitative estimate of drug-likeness (QED) is 0.832. The summed E-state index contributed by atoms with van der Waals surface area (Å²) in [6.45, 7) is 3.64. The molecule has 1 saturated heterocycles. The highest BCUT2D eigenvalue weighted by molar-refractivity contribution is 5.92. The second-order valence-corrected chi connectivity index (χ2v) is 6.65.